The summed E-state index contributed by atoms with van der Waals surface area (Å²) in [4.78, 5) is 0. The van der Waals surface area contributed by atoms with Crippen LogP contribution in [0.2, 0.25) is 0 Å². The minimum Gasteiger partial charge on any atom is -0.392 e. The van der Waals surface area contributed by atoms with Gasteiger partial charge in [-0.3, -0.25) is 0 Å². The van der Waals surface area contributed by atoms with E-state index in [1.54, 1.807) is 12.1 Å². The van der Waals surface area contributed by atoms with Gasteiger partial charge in [0, 0.05) is 6.54 Å². The van der Waals surface area contributed by atoms with Gasteiger partial charge in [0.25, 0.3) is 0 Å². The molecule has 0 aliphatic heterocycles. The summed E-state index contributed by atoms with van der Waals surface area (Å²) in [6.45, 7) is 0.279. The van der Waals surface area contributed by atoms with E-state index in [4.69, 9.17) is 5.73 Å². The molecule has 1 aromatic carbocycles. The average Bonchev–Trinajstić information content (AvgIpc) is 2.16. The van der Waals surface area contributed by atoms with Crippen molar-refractivity contribution in [1.82, 2.24) is 0 Å². The lowest BCUT2D eigenvalue weighted by Crippen LogP contribution is -2.20. The summed E-state index contributed by atoms with van der Waals surface area (Å²) < 4.78 is 12.5. The van der Waals surface area contributed by atoms with E-state index in [1.165, 1.54) is 12.1 Å². The van der Waals surface area contributed by atoms with Crippen LogP contribution in [0.15, 0.2) is 24.3 Å². The maximum Gasteiger partial charge on any atom is 0.123 e. The molecule has 72 valence electrons. The molecule has 0 amide bonds. The molecular formula is C10H14FNO. The number of nitrogens with two attached hydrogens (primary N) is 1. The largest absolute Gasteiger partial charge is 0.392 e. The van der Waals surface area contributed by atoms with Gasteiger partial charge in [-0.25, -0.2) is 4.39 Å². The number of aliphatic hydroxyl groups excluding tert-OH is 1. The van der Waals surface area contributed by atoms with Crippen molar-refractivity contribution < 1.29 is 9.50 Å². The molecule has 13 heavy (non-hydrogen) atoms. The van der Waals surface area contributed by atoms with Gasteiger partial charge in [-0.2, -0.15) is 0 Å². The van der Waals surface area contributed by atoms with Crippen molar-refractivity contribution in [3.63, 3.8) is 0 Å². The fraction of sp³-hybridized carbons (Fsp3) is 0.400. The highest BCUT2D eigenvalue weighted by Gasteiger charge is 2.01. The zero-order chi connectivity index (χ0) is 9.68. The molecule has 0 saturated heterocycles. The second kappa shape index (κ2) is 4.94. The quantitative estimate of drug-likeness (QED) is 0.733. The maximum absolute atomic E-state index is 12.5. The first-order valence-corrected chi connectivity index (χ1v) is 4.35. The van der Waals surface area contributed by atoms with Crippen LogP contribution < -0.4 is 5.73 Å². The van der Waals surface area contributed by atoms with Crippen molar-refractivity contribution in [3.05, 3.63) is 35.6 Å². The van der Waals surface area contributed by atoms with Crippen LogP contribution in [0.25, 0.3) is 0 Å². The lowest BCUT2D eigenvalue weighted by Gasteiger charge is -2.06. The van der Waals surface area contributed by atoms with E-state index < -0.39 is 6.10 Å². The van der Waals surface area contributed by atoms with Gasteiger partial charge >= 0.3 is 0 Å². The Balaban J connectivity index is 2.41. The summed E-state index contributed by atoms with van der Waals surface area (Å²) in [5.74, 6) is -0.233. The van der Waals surface area contributed by atoms with Gasteiger partial charge in [-0.05, 0) is 30.5 Å². The van der Waals surface area contributed by atoms with Crippen LogP contribution in [0.5, 0.6) is 0 Å². The Kier molecular flexibility index (Phi) is 3.86. The second-order valence-corrected chi connectivity index (χ2v) is 3.05. The highest BCUT2D eigenvalue weighted by atomic mass is 19.1. The van der Waals surface area contributed by atoms with E-state index in [1.807, 2.05) is 0 Å². The number of halogens is 1. The van der Waals surface area contributed by atoms with Gasteiger partial charge in [-0.1, -0.05) is 12.1 Å². The van der Waals surface area contributed by atoms with Gasteiger partial charge in [0.1, 0.15) is 5.82 Å². The Hall–Kier alpha value is -0.930. The van der Waals surface area contributed by atoms with E-state index in [0.29, 0.717) is 6.42 Å². The third kappa shape index (κ3) is 3.53. The van der Waals surface area contributed by atoms with Crippen LogP contribution >= 0.6 is 0 Å². The molecule has 1 rings (SSSR count). The highest BCUT2D eigenvalue weighted by molar-refractivity contribution is 5.16. The SMILES string of the molecule is NCC(O)CCc1ccc(F)cc1. The summed E-state index contributed by atoms with van der Waals surface area (Å²) >= 11 is 0. The topological polar surface area (TPSA) is 46.2 Å². The number of benzene rings is 1. The first-order valence-electron chi connectivity index (χ1n) is 4.35. The molecule has 0 radical (unpaired) electrons. The van der Waals surface area contributed by atoms with Crippen molar-refractivity contribution in [3.8, 4) is 0 Å². The van der Waals surface area contributed by atoms with Gasteiger partial charge in [0.2, 0.25) is 0 Å². The summed E-state index contributed by atoms with van der Waals surface area (Å²) in [6.07, 6.45) is 0.908. The Morgan fingerprint density at radius 2 is 1.92 bits per heavy atom. The van der Waals surface area contributed by atoms with Crippen LogP contribution in [0, 0.1) is 5.82 Å². The number of hydrogen-bond donors (Lipinski definition) is 2. The van der Waals surface area contributed by atoms with Crippen LogP contribution in [-0.4, -0.2) is 17.8 Å². The van der Waals surface area contributed by atoms with E-state index >= 15 is 0 Å². The van der Waals surface area contributed by atoms with Crippen molar-refractivity contribution in [2.75, 3.05) is 6.54 Å². The number of aryl methyl sites for hydroxylation is 1. The molecule has 3 N–H and O–H groups in total. The Morgan fingerprint density at radius 1 is 1.31 bits per heavy atom. The molecule has 0 aliphatic rings. The Morgan fingerprint density at radius 3 is 2.46 bits per heavy atom. The normalized spacial score (nSPS) is 12.8. The molecule has 0 heterocycles. The molecular weight excluding hydrogens is 169 g/mol. The van der Waals surface area contributed by atoms with Crippen molar-refractivity contribution in [2.24, 2.45) is 5.73 Å². The molecule has 0 aromatic heterocycles. The fourth-order valence-corrected chi connectivity index (χ4v) is 1.10. The number of hydrogen-bond acceptors (Lipinski definition) is 2. The highest BCUT2D eigenvalue weighted by Crippen LogP contribution is 2.06. The molecule has 0 bridgehead atoms. The van der Waals surface area contributed by atoms with Gasteiger partial charge < -0.3 is 10.8 Å². The summed E-state index contributed by atoms with van der Waals surface area (Å²) in [7, 11) is 0. The zero-order valence-electron chi connectivity index (χ0n) is 7.41. The summed E-state index contributed by atoms with van der Waals surface area (Å²) in [5, 5.41) is 9.17. The minimum atomic E-state index is -0.454. The van der Waals surface area contributed by atoms with Gasteiger partial charge in [-0.15, -0.1) is 0 Å². The van der Waals surface area contributed by atoms with E-state index in [2.05, 4.69) is 0 Å². The number of aliphatic hydroxyl groups is 1. The first kappa shape index (κ1) is 10.2. The van der Waals surface area contributed by atoms with E-state index in [-0.39, 0.29) is 12.4 Å². The Labute approximate surface area is 77.2 Å². The fourth-order valence-electron chi connectivity index (χ4n) is 1.10. The van der Waals surface area contributed by atoms with E-state index in [9.17, 15) is 9.50 Å². The summed E-state index contributed by atoms with van der Waals surface area (Å²) in [6, 6.07) is 6.28. The summed E-state index contributed by atoms with van der Waals surface area (Å²) in [5.41, 5.74) is 6.27. The molecule has 1 unspecified atom stereocenters. The van der Waals surface area contributed by atoms with Crippen LogP contribution in [0.1, 0.15) is 12.0 Å². The lowest BCUT2D eigenvalue weighted by molar-refractivity contribution is 0.173. The van der Waals surface area contributed by atoms with Gasteiger partial charge in [0.05, 0.1) is 6.10 Å². The standard InChI is InChI=1S/C10H14FNO/c11-9-4-1-8(2-5-9)3-6-10(13)7-12/h1-2,4-5,10,13H,3,6-7,12H2. The lowest BCUT2D eigenvalue weighted by atomic mass is 10.1. The van der Waals surface area contributed by atoms with Crippen molar-refractivity contribution in [1.29, 1.82) is 0 Å². The van der Waals surface area contributed by atoms with Crippen LogP contribution in [0.4, 0.5) is 4.39 Å². The van der Waals surface area contributed by atoms with Crippen LogP contribution in [-0.2, 0) is 6.42 Å². The minimum absolute atomic E-state index is 0.233. The third-order valence-corrected chi connectivity index (χ3v) is 1.95. The molecule has 1 atom stereocenters. The monoisotopic (exact) mass is 183 g/mol. The van der Waals surface area contributed by atoms with Gasteiger partial charge in [0.15, 0.2) is 0 Å². The predicted molar refractivity (Wildman–Crippen MR) is 49.8 cm³/mol. The predicted octanol–water partition coefficient (Wildman–Crippen LogP) is 1.08. The molecule has 0 fully saturated rings. The second-order valence-electron chi connectivity index (χ2n) is 3.05. The maximum atomic E-state index is 12.5. The van der Waals surface area contributed by atoms with E-state index in [0.717, 1.165) is 12.0 Å². The third-order valence-electron chi connectivity index (χ3n) is 1.95. The average molecular weight is 183 g/mol. The molecule has 0 aliphatic carbocycles. The molecule has 3 heteroatoms. The molecule has 1 aromatic rings. The molecule has 2 nitrogen and oxygen atoms in total. The molecule has 0 spiro atoms. The van der Waals surface area contributed by atoms with Crippen LogP contribution in [0.3, 0.4) is 0 Å². The molecule has 0 saturated carbocycles. The Bertz CT molecular complexity index is 248. The van der Waals surface area contributed by atoms with Crippen molar-refractivity contribution in [2.45, 2.75) is 18.9 Å². The number of rotatable bonds is 4. The first-order chi connectivity index (χ1) is 6.22. The smallest absolute Gasteiger partial charge is 0.123 e. The van der Waals surface area contributed by atoms with Crippen molar-refractivity contribution >= 4 is 0 Å². The zero-order valence-corrected chi connectivity index (χ0v) is 7.41.